The number of carbonyl (C=O) groups is 1. The second kappa shape index (κ2) is 17.4. The number of hydrogen-bond donors (Lipinski definition) is 4. The van der Waals surface area contributed by atoms with E-state index in [1.54, 1.807) is 0 Å². The van der Waals surface area contributed by atoms with Gasteiger partial charge in [-0.05, 0) is 194 Å². The Labute approximate surface area is 320 Å². The first kappa shape index (κ1) is 42.2. The maximum atomic E-state index is 14.5. The second-order valence-electron chi connectivity index (χ2n) is 20.0. The van der Waals surface area contributed by atoms with Gasteiger partial charge in [0, 0.05) is 13.2 Å². The molecule has 5 fully saturated rings. The summed E-state index contributed by atoms with van der Waals surface area (Å²) in [5.41, 5.74) is 19.5. The van der Waals surface area contributed by atoms with Gasteiger partial charge in [0.2, 0.25) is 5.91 Å². The topological polar surface area (TPSA) is 120 Å². The van der Waals surface area contributed by atoms with E-state index < -0.39 is 0 Å². The van der Waals surface area contributed by atoms with Gasteiger partial charge in [-0.1, -0.05) is 59.6 Å². The molecule has 1 amide bonds. The van der Waals surface area contributed by atoms with Crippen molar-refractivity contribution < 1.29 is 9.53 Å². The molecule has 0 unspecified atom stereocenters. The molecule has 0 aromatic rings. The van der Waals surface area contributed by atoms with Crippen LogP contribution in [0.25, 0.3) is 0 Å². The Bertz CT molecular complexity index is 1180. The number of unbranched alkanes of at least 4 members (excludes halogenated alkanes) is 3. The van der Waals surface area contributed by atoms with Crippen LogP contribution in [0.1, 0.15) is 151 Å². The van der Waals surface area contributed by atoms with Crippen molar-refractivity contribution in [2.24, 2.45) is 73.9 Å². The molecule has 300 valence electrons. The Morgan fingerprint density at radius 1 is 0.731 bits per heavy atom. The van der Waals surface area contributed by atoms with Crippen LogP contribution in [0.4, 0.5) is 0 Å². The van der Waals surface area contributed by atoms with Crippen molar-refractivity contribution in [3.05, 3.63) is 12.2 Å². The second-order valence-corrected chi connectivity index (χ2v) is 20.0. The standard InChI is InChI=1S/C45H83N5O2/c1-33(2)34-17-22-45(40(51)49-28-10-8-9-11-29-50(30-12-25-46)31-13-26-47)24-23-43(6)35(39(34)45)15-16-37-42(5)20-19-38(52-32-14-27-48)41(3,4)36(42)18-21-44(37,43)7/h34-39H,1,8-32,46-48H2,2-7H3,(H,49,51)/t34-,35+,36-,37+,38-,39+,42-,43+,44+,45-/m0/s1. The Morgan fingerprint density at radius 2 is 1.40 bits per heavy atom. The van der Waals surface area contributed by atoms with Crippen molar-refractivity contribution in [2.45, 2.75) is 157 Å². The quantitative estimate of drug-likeness (QED) is 0.0791. The van der Waals surface area contributed by atoms with Crippen LogP contribution >= 0.6 is 0 Å². The molecule has 5 saturated carbocycles. The van der Waals surface area contributed by atoms with Crippen LogP contribution in [-0.4, -0.2) is 69.3 Å². The summed E-state index contributed by atoms with van der Waals surface area (Å²) < 4.78 is 6.56. The number of rotatable bonds is 19. The third-order valence-corrected chi connectivity index (χ3v) is 17.2. The highest BCUT2D eigenvalue weighted by Crippen LogP contribution is 2.77. The lowest BCUT2D eigenvalue weighted by molar-refractivity contribution is -0.250. The van der Waals surface area contributed by atoms with E-state index in [1.165, 1.54) is 69.8 Å². The molecular formula is C45H83N5O2. The first-order chi connectivity index (χ1) is 24.8. The van der Waals surface area contributed by atoms with Crippen LogP contribution in [0.3, 0.4) is 0 Å². The van der Waals surface area contributed by atoms with Gasteiger partial charge in [0.25, 0.3) is 0 Å². The fourth-order valence-corrected chi connectivity index (χ4v) is 14.3. The minimum atomic E-state index is -0.231. The molecule has 7 N–H and O–H groups in total. The Hall–Kier alpha value is -0.990. The van der Waals surface area contributed by atoms with Crippen molar-refractivity contribution >= 4 is 5.91 Å². The van der Waals surface area contributed by atoms with Gasteiger partial charge in [0.15, 0.2) is 0 Å². The van der Waals surface area contributed by atoms with Gasteiger partial charge in [-0.15, -0.1) is 0 Å². The number of nitrogens with one attached hydrogen (secondary N) is 1. The molecule has 5 rings (SSSR count). The van der Waals surface area contributed by atoms with Crippen molar-refractivity contribution in [1.29, 1.82) is 0 Å². The largest absolute Gasteiger partial charge is 0.378 e. The number of hydrogen-bond acceptors (Lipinski definition) is 6. The van der Waals surface area contributed by atoms with Gasteiger partial charge in [0.05, 0.1) is 11.5 Å². The molecule has 0 spiro atoms. The van der Waals surface area contributed by atoms with Crippen LogP contribution < -0.4 is 22.5 Å². The lowest BCUT2D eigenvalue weighted by Crippen LogP contribution is -2.67. The smallest absolute Gasteiger partial charge is 0.226 e. The summed E-state index contributed by atoms with van der Waals surface area (Å²) in [6, 6.07) is 0. The average Bonchev–Trinajstić information content (AvgIpc) is 3.51. The van der Waals surface area contributed by atoms with E-state index in [0.717, 1.165) is 96.7 Å². The summed E-state index contributed by atoms with van der Waals surface area (Å²) in [6.07, 6.45) is 20.1. The maximum absolute atomic E-state index is 14.5. The third-order valence-electron chi connectivity index (χ3n) is 17.2. The molecule has 0 aliphatic heterocycles. The molecule has 5 aliphatic carbocycles. The van der Waals surface area contributed by atoms with Gasteiger partial charge >= 0.3 is 0 Å². The Morgan fingerprint density at radius 3 is 2.08 bits per heavy atom. The van der Waals surface area contributed by atoms with Gasteiger partial charge in [-0.2, -0.15) is 0 Å². The molecule has 0 heterocycles. The molecule has 7 heteroatoms. The van der Waals surface area contributed by atoms with Gasteiger partial charge in [-0.3, -0.25) is 4.79 Å². The lowest BCUT2D eigenvalue weighted by Gasteiger charge is -2.73. The zero-order valence-corrected chi connectivity index (χ0v) is 34.8. The minimum Gasteiger partial charge on any atom is -0.378 e. The highest BCUT2D eigenvalue weighted by molar-refractivity contribution is 5.83. The summed E-state index contributed by atoms with van der Waals surface area (Å²) in [5.74, 6) is 3.25. The molecule has 0 radical (unpaired) electrons. The number of amides is 1. The lowest BCUT2D eigenvalue weighted by atomic mass is 9.32. The van der Waals surface area contributed by atoms with E-state index in [1.807, 2.05) is 0 Å². The highest BCUT2D eigenvalue weighted by atomic mass is 16.5. The Balaban J connectivity index is 1.24. The number of carbonyl (C=O) groups excluding carboxylic acids is 1. The molecule has 0 aromatic carbocycles. The minimum absolute atomic E-state index is 0.173. The summed E-state index contributed by atoms with van der Waals surface area (Å²) in [4.78, 5) is 17.1. The number of ether oxygens (including phenoxy) is 1. The molecular weight excluding hydrogens is 643 g/mol. The molecule has 52 heavy (non-hydrogen) atoms. The third kappa shape index (κ3) is 7.71. The summed E-state index contributed by atoms with van der Waals surface area (Å²) in [7, 11) is 0. The van der Waals surface area contributed by atoms with Crippen molar-refractivity contribution in [3.63, 3.8) is 0 Å². The summed E-state index contributed by atoms with van der Waals surface area (Å²) in [6.45, 7) is 27.1. The van der Waals surface area contributed by atoms with E-state index in [4.69, 9.17) is 21.9 Å². The first-order valence-corrected chi connectivity index (χ1v) is 22.1. The van der Waals surface area contributed by atoms with Crippen molar-refractivity contribution in [2.75, 3.05) is 52.4 Å². The average molecular weight is 726 g/mol. The van der Waals surface area contributed by atoms with Gasteiger partial charge in [0.1, 0.15) is 0 Å². The normalized spacial score (nSPS) is 39.3. The van der Waals surface area contributed by atoms with E-state index in [-0.39, 0.29) is 16.2 Å². The predicted octanol–water partition coefficient (Wildman–Crippen LogP) is 8.05. The molecule has 0 saturated heterocycles. The molecule has 7 nitrogen and oxygen atoms in total. The van der Waals surface area contributed by atoms with Crippen LogP contribution in [0.5, 0.6) is 0 Å². The monoisotopic (exact) mass is 726 g/mol. The van der Waals surface area contributed by atoms with Gasteiger partial charge < -0.3 is 32.2 Å². The molecule has 0 bridgehead atoms. The molecule has 10 atom stereocenters. The van der Waals surface area contributed by atoms with Crippen molar-refractivity contribution in [1.82, 2.24) is 10.2 Å². The fraction of sp³-hybridized carbons (Fsp3) is 0.933. The zero-order chi connectivity index (χ0) is 37.8. The zero-order valence-electron chi connectivity index (χ0n) is 34.8. The van der Waals surface area contributed by atoms with Crippen LogP contribution in [0.15, 0.2) is 12.2 Å². The van der Waals surface area contributed by atoms with Crippen LogP contribution in [-0.2, 0) is 9.53 Å². The SMILES string of the molecule is C=C(C)[C@@H]1CC[C@]2(C(=O)NCCCCCCN(CCCN)CCCN)CC[C@]3(C)[C@H](CC[C@@H]4[C@@]5(C)CC[C@H](OCCCN)C(C)(C)[C@@H]5CC[C@]43C)[C@@H]12. The van der Waals surface area contributed by atoms with E-state index in [2.05, 4.69) is 58.3 Å². The molecule has 5 aliphatic rings. The highest BCUT2D eigenvalue weighted by Gasteiger charge is 2.72. The summed E-state index contributed by atoms with van der Waals surface area (Å²) >= 11 is 0. The first-order valence-electron chi connectivity index (χ1n) is 22.1. The molecule has 0 aromatic heterocycles. The van der Waals surface area contributed by atoms with E-state index >= 15 is 0 Å². The summed E-state index contributed by atoms with van der Waals surface area (Å²) in [5, 5.41) is 3.55. The number of nitrogens with zero attached hydrogens (tertiary/aromatic N) is 1. The predicted molar refractivity (Wildman–Crippen MR) is 218 cm³/mol. The number of nitrogens with two attached hydrogens (primary N) is 3. The van der Waals surface area contributed by atoms with Crippen molar-refractivity contribution in [3.8, 4) is 0 Å². The van der Waals surface area contributed by atoms with E-state index in [0.29, 0.717) is 53.1 Å². The number of fused-ring (bicyclic) bond motifs is 7. The van der Waals surface area contributed by atoms with Crippen LogP contribution in [0.2, 0.25) is 0 Å². The van der Waals surface area contributed by atoms with Crippen LogP contribution in [0, 0.1) is 56.7 Å². The fourth-order valence-electron chi connectivity index (χ4n) is 14.3. The van der Waals surface area contributed by atoms with E-state index in [9.17, 15) is 4.79 Å². The maximum Gasteiger partial charge on any atom is 0.226 e. The Kier molecular flexibility index (Phi) is 14.1. The number of allylic oxidation sites excluding steroid dienone is 1. The van der Waals surface area contributed by atoms with Gasteiger partial charge in [-0.25, -0.2) is 0 Å².